The second-order valence-corrected chi connectivity index (χ2v) is 2.72. The van der Waals surface area contributed by atoms with Gasteiger partial charge in [0.05, 0.1) is 0 Å². The lowest BCUT2D eigenvalue weighted by Crippen LogP contribution is -1.87. The summed E-state index contributed by atoms with van der Waals surface area (Å²) in [7, 11) is 0. The largest absolute Gasteiger partial charge is 0.399 e. The third-order valence-corrected chi connectivity index (χ3v) is 1.83. The van der Waals surface area contributed by atoms with Crippen LogP contribution in [0.4, 0.5) is 5.69 Å². The molecule has 1 aliphatic heterocycles. The van der Waals surface area contributed by atoms with Gasteiger partial charge in [0.2, 0.25) is 0 Å². The van der Waals surface area contributed by atoms with Gasteiger partial charge in [0.1, 0.15) is 0 Å². The SMILES string of the molecule is Cl.Cl.Nc1ccc2c(c1)C=CNC=C2. The predicted molar refractivity (Wildman–Crippen MR) is 66.6 cm³/mol. The molecule has 2 nitrogen and oxygen atoms in total. The standard InChI is InChI=1S/C10H10N2.2ClH/c11-10-2-1-8-3-5-12-6-4-9(8)7-10;;/h1-7,12H,11H2;2*1H. The average molecular weight is 231 g/mol. The Morgan fingerprint density at radius 2 is 1.57 bits per heavy atom. The molecular formula is C10H12Cl2N2. The average Bonchev–Trinajstić information content (AvgIpc) is 2.28. The molecule has 0 bridgehead atoms. The summed E-state index contributed by atoms with van der Waals surface area (Å²) in [5.41, 5.74) is 8.79. The minimum Gasteiger partial charge on any atom is -0.399 e. The lowest BCUT2D eigenvalue weighted by molar-refractivity contribution is 1.22. The Bertz CT molecular complexity index is 359. The van der Waals surface area contributed by atoms with Gasteiger partial charge in [-0.15, -0.1) is 24.8 Å². The molecule has 0 unspecified atom stereocenters. The van der Waals surface area contributed by atoms with Crippen molar-refractivity contribution in [2.75, 3.05) is 5.73 Å². The van der Waals surface area contributed by atoms with E-state index in [2.05, 4.69) is 5.32 Å². The molecule has 76 valence electrons. The van der Waals surface area contributed by atoms with Crippen molar-refractivity contribution in [2.24, 2.45) is 0 Å². The van der Waals surface area contributed by atoms with Crippen LogP contribution in [-0.4, -0.2) is 0 Å². The highest BCUT2D eigenvalue weighted by atomic mass is 35.5. The summed E-state index contributed by atoms with van der Waals surface area (Å²) in [5.74, 6) is 0. The van der Waals surface area contributed by atoms with E-state index in [1.807, 2.05) is 42.8 Å². The van der Waals surface area contributed by atoms with Crippen molar-refractivity contribution in [2.45, 2.75) is 0 Å². The van der Waals surface area contributed by atoms with E-state index in [0.717, 1.165) is 11.3 Å². The van der Waals surface area contributed by atoms with Crippen molar-refractivity contribution in [1.82, 2.24) is 5.32 Å². The topological polar surface area (TPSA) is 38.0 Å². The Balaban J connectivity index is 0.000000845. The first kappa shape index (κ1) is 12.9. The summed E-state index contributed by atoms with van der Waals surface area (Å²) < 4.78 is 0. The fraction of sp³-hybridized carbons (Fsp3) is 0. The number of nitrogens with one attached hydrogen (secondary N) is 1. The summed E-state index contributed by atoms with van der Waals surface area (Å²) in [6.45, 7) is 0. The fourth-order valence-corrected chi connectivity index (χ4v) is 1.22. The Morgan fingerprint density at radius 3 is 2.29 bits per heavy atom. The molecule has 0 aromatic heterocycles. The number of anilines is 1. The Hall–Kier alpha value is -1.12. The highest BCUT2D eigenvalue weighted by molar-refractivity contribution is 5.85. The van der Waals surface area contributed by atoms with Crippen LogP contribution in [0, 0.1) is 0 Å². The number of nitrogens with two attached hydrogens (primary N) is 1. The third-order valence-electron chi connectivity index (χ3n) is 1.83. The van der Waals surface area contributed by atoms with Crippen LogP contribution in [0.15, 0.2) is 30.6 Å². The minimum absolute atomic E-state index is 0. The number of nitrogen functional groups attached to an aromatic ring is 1. The summed E-state index contributed by atoms with van der Waals surface area (Å²) in [5, 5.41) is 3.01. The van der Waals surface area contributed by atoms with E-state index in [1.54, 1.807) is 0 Å². The Kier molecular flexibility index (Phi) is 5.13. The van der Waals surface area contributed by atoms with Crippen molar-refractivity contribution >= 4 is 42.7 Å². The normalized spacial score (nSPS) is 11.4. The number of fused-ring (bicyclic) bond motifs is 1. The fourth-order valence-electron chi connectivity index (χ4n) is 1.22. The number of hydrogen-bond acceptors (Lipinski definition) is 2. The summed E-state index contributed by atoms with van der Waals surface area (Å²) >= 11 is 0. The smallest absolute Gasteiger partial charge is 0.0320 e. The summed E-state index contributed by atoms with van der Waals surface area (Å²) in [6.07, 6.45) is 7.82. The second kappa shape index (κ2) is 5.58. The molecule has 1 aromatic rings. The van der Waals surface area contributed by atoms with E-state index < -0.39 is 0 Å². The van der Waals surface area contributed by atoms with Crippen molar-refractivity contribution in [3.63, 3.8) is 0 Å². The van der Waals surface area contributed by atoms with Gasteiger partial charge in [-0.25, -0.2) is 0 Å². The lowest BCUT2D eigenvalue weighted by atomic mass is 10.1. The molecule has 14 heavy (non-hydrogen) atoms. The highest BCUT2D eigenvalue weighted by Crippen LogP contribution is 2.17. The molecule has 2 rings (SSSR count). The van der Waals surface area contributed by atoms with Gasteiger partial charge in [-0.2, -0.15) is 0 Å². The molecule has 1 heterocycles. The van der Waals surface area contributed by atoms with E-state index in [-0.39, 0.29) is 24.8 Å². The van der Waals surface area contributed by atoms with Gasteiger partial charge in [-0.3, -0.25) is 0 Å². The number of halogens is 2. The van der Waals surface area contributed by atoms with Crippen LogP contribution in [-0.2, 0) is 0 Å². The maximum atomic E-state index is 5.65. The van der Waals surface area contributed by atoms with Gasteiger partial charge < -0.3 is 11.1 Å². The molecule has 0 saturated carbocycles. The number of hydrogen-bond donors (Lipinski definition) is 2. The van der Waals surface area contributed by atoms with Crippen molar-refractivity contribution in [3.05, 3.63) is 41.7 Å². The molecule has 0 saturated heterocycles. The quantitative estimate of drug-likeness (QED) is 0.673. The van der Waals surface area contributed by atoms with Gasteiger partial charge >= 0.3 is 0 Å². The van der Waals surface area contributed by atoms with Crippen LogP contribution in [0.25, 0.3) is 12.2 Å². The van der Waals surface area contributed by atoms with E-state index in [9.17, 15) is 0 Å². The van der Waals surface area contributed by atoms with E-state index in [1.165, 1.54) is 5.56 Å². The Morgan fingerprint density at radius 1 is 0.929 bits per heavy atom. The summed E-state index contributed by atoms with van der Waals surface area (Å²) in [4.78, 5) is 0. The van der Waals surface area contributed by atoms with Crippen LogP contribution < -0.4 is 11.1 Å². The third kappa shape index (κ3) is 2.69. The monoisotopic (exact) mass is 230 g/mol. The van der Waals surface area contributed by atoms with Crippen LogP contribution in [0.2, 0.25) is 0 Å². The molecule has 3 N–H and O–H groups in total. The van der Waals surface area contributed by atoms with Gasteiger partial charge in [0, 0.05) is 18.1 Å². The number of benzene rings is 1. The number of rotatable bonds is 0. The molecule has 4 heteroatoms. The molecule has 0 radical (unpaired) electrons. The zero-order valence-electron chi connectivity index (χ0n) is 7.44. The van der Waals surface area contributed by atoms with E-state index >= 15 is 0 Å². The highest BCUT2D eigenvalue weighted by Gasteiger charge is 1.97. The van der Waals surface area contributed by atoms with Crippen molar-refractivity contribution in [3.8, 4) is 0 Å². The lowest BCUT2D eigenvalue weighted by Gasteiger charge is -2.00. The predicted octanol–water partition coefficient (Wildman–Crippen LogP) is 2.66. The maximum Gasteiger partial charge on any atom is 0.0320 e. The first-order valence-corrected chi connectivity index (χ1v) is 3.85. The van der Waals surface area contributed by atoms with Crippen LogP contribution in [0.1, 0.15) is 11.1 Å². The molecule has 0 atom stereocenters. The maximum absolute atomic E-state index is 5.65. The van der Waals surface area contributed by atoms with Crippen LogP contribution in [0.5, 0.6) is 0 Å². The molecule has 0 spiro atoms. The second-order valence-electron chi connectivity index (χ2n) is 2.72. The van der Waals surface area contributed by atoms with Crippen LogP contribution >= 0.6 is 24.8 Å². The molecule has 1 aromatic carbocycles. The molecule has 0 aliphatic carbocycles. The zero-order valence-corrected chi connectivity index (χ0v) is 9.07. The van der Waals surface area contributed by atoms with E-state index in [4.69, 9.17) is 5.73 Å². The van der Waals surface area contributed by atoms with Gasteiger partial charge in [0.15, 0.2) is 0 Å². The summed E-state index contributed by atoms with van der Waals surface area (Å²) in [6, 6.07) is 5.88. The van der Waals surface area contributed by atoms with Crippen LogP contribution in [0.3, 0.4) is 0 Å². The minimum atomic E-state index is 0. The first-order valence-electron chi connectivity index (χ1n) is 3.85. The Labute approximate surface area is 95.7 Å². The van der Waals surface area contributed by atoms with E-state index in [0.29, 0.717) is 0 Å². The van der Waals surface area contributed by atoms with Gasteiger partial charge in [-0.1, -0.05) is 6.07 Å². The molecule has 0 amide bonds. The molecular weight excluding hydrogens is 219 g/mol. The molecule has 1 aliphatic rings. The molecule has 0 fully saturated rings. The first-order chi connectivity index (χ1) is 5.86. The zero-order chi connectivity index (χ0) is 8.39. The van der Waals surface area contributed by atoms with Gasteiger partial charge in [0.25, 0.3) is 0 Å². The van der Waals surface area contributed by atoms with Crippen molar-refractivity contribution in [1.29, 1.82) is 0 Å². The van der Waals surface area contributed by atoms with Gasteiger partial charge in [-0.05, 0) is 35.4 Å². The van der Waals surface area contributed by atoms with Crippen molar-refractivity contribution < 1.29 is 0 Å².